The van der Waals surface area contributed by atoms with E-state index in [1.54, 1.807) is 0 Å². The van der Waals surface area contributed by atoms with Crippen molar-refractivity contribution < 1.29 is 8.78 Å². The fourth-order valence-electron chi connectivity index (χ4n) is 3.21. The van der Waals surface area contributed by atoms with Crippen LogP contribution in [0.4, 0.5) is 8.78 Å². The van der Waals surface area contributed by atoms with Crippen LogP contribution < -0.4 is 0 Å². The van der Waals surface area contributed by atoms with Gasteiger partial charge in [0.05, 0.1) is 11.2 Å². The molecule has 1 N–H and O–H groups in total. The van der Waals surface area contributed by atoms with Gasteiger partial charge in [0.25, 0.3) is 0 Å². The molecule has 0 atom stereocenters. The topological polar surface area (TPSA) is 28.7 Å². The SMILES string of the molecule is Cc1ccccc1C=Cc1n[nH]c2ccc(Cc3cc(F)cc(F)c3)cc12. The molecule has 3 aromatic carbocycles. The maximum atomic E-state index is 13.4. The smallest absolute Gasteiger partial charge is 0.126 e. The van der Waals surface area contributed by atoms with Crippen molar-refractivity contribution in [2.45, 2.75) is 13.3 Å². The van der Waals surface area contributed by atoms with Crippen LogP contribution in [-0.2, 0) is 6.42 Å². The molecule has 0 unspecified atom stereocenters. The number of rotatable bonds is 4. The molecule has 0 saturated heterocycles. The van der Waals surface area contributed by atoms with Crippen molar-refractivity contribution in [2.75, 3.05) is 0 Å². The summed E-state index contributed by atoms with van der Waals surface area (Å²) in [6.07, 6.45) is 4.48. The number of hydrogen-bond acceptors (Lipinski definition) is 1. The number of H-pyrrole nitrogens is 1. The van der Waals surface area contributed by atoms with Crippen molar-refractivity contribution in [1.29, 1.82) is 0 Å². The van der Waals surface area contributed by atoms with E-state index in [4.69, 9.17) is 0 Å². The van der Waals surface area contributed by atoms with Crippen LogP contribution in [-0.4, -0.2) is 10.2 Å². The van der Waals surface area contributed by atoms with Crippen LogP contribution in [0, 0.1) is 18.6 Å². The van der Waals surface area contributed by atoms with E-state index in [0.29, 0.717) is 12.0 Å². The van der Waals surface area contributed by atoms with E-state index in [2.05, 4.69) is 29.3 Å². The molecule has 4 rings (SSSR count). The molecule has 134 valence electrons. The maximum Gasteiger partial charge on any atom is 0.126 e. The van der Waals surface area contributed by atoms with Crippen LogP contribution in [0.5, 0.6) is 0 Å². The van der Waals surface area contributed by atoms with Gasteiger partial charge in [-0.25, -0.2) is 8.78 Å². The second-order valence-electron chi connectivity index (χ2n) is 6.63. The minimum absolute atomic E-state index is 0.455. The molecule has 4 aromatic rings. The van der Waals surface area contributed by atoms with E-state index in [0.717, 1.165) is 33.8 Å². The Hall–Kier alpha value is -3.27. The molecular weight excluding hydrogens is 342 g/mol. The second-order valence-corrected chi connectivity index (χ2v) is 6.63. The van der Waals surface area contributed by atoms with Gasteiger partial charge in [0.2, 0.25) is 0 Å². The van der Waals surface area contributed by atoms with Gasteiger partial charge in [0, 0.05) is 11.5 Å². The van der Waals surface area contributed by atoms with Gasteiger partial charge in [-0.15, -0.1) is 0 Å². The predicted octanol–water partition coefficient (Wildman–Crippen LogP) is 5.91. The third-order valence-corrected chi connectivity index (χ3v) is 4.60. The molecule has 1 aromatic heterocycles. The van der Waals surface area contributed by atoms with E-state index in [1.165, 1.54) is 17.7 Å². The molecule has 27 heavy (non-hydrogen) atoms. The van der Waals surface area contributed by atoms with E-state index >= 15 is 0 Å². The highest BCUT2D eigenvalue weighted by Crippen LogP contribution is 2.22. The first-order chi connectivity index (χ1) is 13.1. The number of aryl methyl sites for hydroxylation is 1. The molecule has 0 aliphatic rings. The van der Waals surface area contributed by atoms with Crippen LogP contribution in [0.15, 0.2) is 60.7 Å². The second kappa shape index (κ2) is 7.16. The molecule has 0 fully saturated rings. The highest BCUT2D eigenvalue weighted by atomic mass is 19.1. The number of aromatic amines is 1. The molecule has 0 bridgehead atoms. The van der Waals surface area contributed by atoms with Gasteiger partial charge in [-0.05, 0) is 65.9 Å². The summed E-state index contributed by atoms with van der Waals surface area (Å²) in [7, 11) is 0. The highest BCUT2D eigenvalue weighted by molar-refractivity contribution is 5.90. The minimum Gasteiger partial charge on any atom is -0.277 e. The van der Waals surface area contributed by atoms with Crippen molar-refractivity contribution >= 4 is 23.1 Å². The van der Waals surface area contributed by atoms with Crippen molar-refractivity contribution in [2.24, 2.45) is 0 Å². The first-order valence-corrected chi connectivity index (χ1v) is 8.74. The number of nitrogens with one attached hydrogen (secondary N) is 1. The van der Waals surface area contributed by atoms with Gasteiger partial charge >= 0.3 is 0 Å². The summed E-state index contributed by atoms with van der Waals surface area (Å²) in [5, 5.41) is 8.39. The van der Waals surface area contributed by atoms with Crippen LogP contribution in [0.25, 0.3) is 23.1 Å². The Labute approximate surface area is 156 Å². The molecule has 1 heterocycles. The van der Waals surface area contributed by atoms with Crippen molar-refractivity contribution in [3.05, 3.63) is 100 Å². The standard InChI is InChI=1S/C23H18F2N2/c1-15-4-2-3-5-18(15)7-9-23-21-13-16(6-8-22(21)26-27-23)10-17-11-19(24)14-20(25)12-17/h2-9,11-14H,10H2,1H3,(H,26,27). The number of hydrogen-bond donors (Lipinski definition) is 1. The first-order valence-electron chi connectivity index (χ1n) is 8.74. The van der Waals surface area contributed by atoms with Gasteiger partial charge in [-0.2, -0.15) is 5.10 Å². The summed E-state index contributed by atoms with van der Waals surface area (Å²) < 4.78 is 26.9. The fourth-order valence-corrected chi connectivity index (χ4v) is 3.21. The Kier molecular flexibility index (Phi) is 4.55. The lowest BCUT2D eigenvalue weighted by atomic mass is 10.0. The Morgan fingerprint density at radius 1 is 0.889 bits per heavy atom. The summed E-state index contributed by atoms with van der Waals surface area (Å²) >= 11 is 0. The lowest BCUT2D eigenvalue weighted by molar-refractivity contribution is 0.580. The molecule has 2 nitrogen and oxygen atoms in total. The van der Waals surface area contributed by atoms with Gasteiger partial charge in [0.1, 0.15) is 11.6 Å². The molecule has 4 heteroatoms. The number of benzene rings is 3. The summed E-state index contributed by atoms with van der Waals surface area (Å²) in [4.78, 5) is 0. The molecule has 0 amide bonds. The Bertz CT molecular complexity index is 1120. The van der Waals surface area contributed by atoms with E-state index in [1.807, 2.05) is 42.5 Å². The Morgan fingerprint density at radius 3 is 2.44 bits per heavy atom. The summed E-state index contributed by atoms with van der Waals surface area (Å²) in [6, 6.07) is 17.7. The monoisotopic (exact) mass is 360 g/mol. The fraction of sp³-hybridized carbons (Fsp3) is 0.0870. The van der Waals surface area contributed by atoms with Crippen LogP contribution in [0.2, 0.25) is 0 Å². The van der Waals surface area contributed by atoms with Gasteiger partial charge in [-0.1, -0.05) is 36.4 Å². The average Bonchev–Trinajstić information content (AvgIpc) is 3.02. The summed E-state index contributed by atoms with van der Waals surface area (Å²) in [5.74, 6) is -1.12. The number of nitrogens with zero attached hydrogens (tertiary/aromatic N) is 1. The molecule has 0 saturated carbocycles. The lowest BCUT2D eigenvalue weighted by Crippen LogP contribution is -1.91. The third kappa shape index (κ3) is 3.80. The van der Waals surface area contributed by atoms with Crippen molar-refractivity contribution in [1.82, 2.24) is 10.2 Å². The Balaban J connectivity index is 1.66. The van der Waals surface area contributed by atoms with Gasteiger partial charge < -0.3 is 0 Å². The maximum absolute atomic E-state index is 13.4. The molecule has 0 radical (unpaired) electrons. The van der Waals surface area contributed by atoms with Gasteiger partial charge in [-0.3, -0.25) is 5.10 Å². The van der Waals surface area contributed by atoms with Crippen LogP contribution in [0.1, 0.15) is 27.9 Å². The van der Waals surface area contributed by atoms with E-state index < -0.39 is 11.6 Å². The largest absolute Gasteiger partial charge is 0.277 e. The van der Waals surface area contributed by atoms with Crippen molar-refractivity contribution in [3.63, 3.8) is 0 Å². The third-order valence-electron chi connectivity index (χ3n) is 4.60. The van der Waals surface area contributed by atoms with Crippen molar-refractivity contribution in [3.8, 4) is 0 Å². The van der Waals surface area contributed by atoms with Crippen LogP contribution >= 0.6 is 0 Å². The van der Waals surface area contributed by atoms with E-state index in [9.17, 15) is 8.78 Å². The normalized spacial score (nSPS) is 11.5. The zero-order chi connectivity index (χ0) is 18.8. The lowest BCUT2D eigenvalue weighted by Gasteiger charge is -2.04. The minimum atomic E-state index is -0.559. The molecule has 0 aliphatic carbocycles. The molecular formula is C23H18F2N2. The number of halogens is 2. The summed E-state index contributed by atoms with van der Waals surface area (Å²) in [6.45, 7) is 2.07. The Morgan fingerprint density at radius 2 is 1.67 bits per heavy atom. The first kappa shape index (κ1) is 17.2. The summed E-state index contributed by atoms with van der Waals surface area (Å²) in [5.41, 5.74) is 5.67. The molecule has 0 aliphatic heterocycles. The molecule has 0 spiro atoms. The van der Waals surface area contributed by atoms with Gasteiger partial charge in [0.15, 0.2) is 0 Å². The number of fused-ring (bicyclic) bond motifs is 1. The zero-order valence-electron chi connectivity index (χ0n) is 14.8. The predicted molar refractivity (Wildman–Crippen MR) is 105 cm³/mol. The number of aromatic nitrogens is 2. The van der Waals surface area contributed by atoms with E-state index in [-0.39, 0.29) is 0 Å². The average molecular weight is 360 g/mol. The zero-order valence-corrected chi connectivity index (χ0v) is 14.8. The van der Waals surface area contributed by atoms with Crippen LogP contribution in [0.3, 0.4) is 0 Å². The quantitative estimate of drug-likeness (QED) is 0.481. The highest BCUT2D eigenvalue weighted by Gasteiger charge is 2.07.